The molecular formula is C16H23N3O3. The molecule has 1 aromatic carbocycles. The van der Waals surface area contributed by atoms with E-state index in [0.717, 1.165) is 37.7 Å². The number of rotatable bonds is 5. The van der Waals surface area contributed by atoms with Crippen molar-refractivity contribution in [1.29, 1.82) is 0 Å². The quantitative estimate of drug-likeness (QED) is 0.753. The number of fused-ring (bicyclic) bond motifs is 1. The van der Waals surface area contributed by atoms with Crippen molar-refractivity contribution in [3.63, 3.8) is 0 Å². The second kappa shape index (κ2) is 6.42. The van der Waals surface area contributed by atoms with Crippen LogP contribution >= 0.6 is 0 Å². The van der Waals surface area contributed by atoms with Gasteiger partial charge in [-0.05, 0) is 30.5 Å². The maximum Gasteiger partial charge on any atom is 0.231 e. The Labute approximate surface area is 130 Å². The molecular weight excluding hydrogens is 282 g/mol. The van der Waals surface area contributed by atoms with Gasteiger partial charge in [0.05, 0.1) is 12.1 Å². The number of hydrogen-bond donors (Lipinski definition) is 3. The average molecular weight is 305 g/mol. The van der Waals surface area contributed by atoms with Gasteiger partial charge >= 0.3 is 0 Å². The molecule has 4 rings (SSSR count). The molecule has 3 atom stereocenters. The third kappa shape index (κ3) is 2.92. The van der Waals surface area contributed by atoms with Gasteiger partial charge in [0.15, 0.2) is 11.5 Å². The highest BCUT2D eigenvalue weighted by Crippen LogP contribution is 2.36. The highest BCUT2D eigenvalue weighted by molar-refractivity contribution is 5.45. The molecule has 0 spiro atoms. The normalized spacial score (nSPS) is 30.1. The fraction of sp³-hybridized carbons (Fsp3) is 0.625. The van der Waals surface area contributed by atoms with Crippen molar-refractivity contribution in [1.82, 2.24) is 16.2 Å². The standard InChI is InChI=1S/C16H23N3O3/c1-2-13(20-5-1)9-17-7-12-8-18-19-16(12)11-3-4-14-15(6-11)22-10-21-14/h3-4,6,12-13,16-19H,1-2,5,7-10H2. The Balaban J connectivity index is 1.36. The van der Waals surface area contributed by atoms with Crippen molar-refractivity contribution in [2.24, 2.45) is 5.92 Å². The van der Waals surface area contributed by atoms with Crippen LogP contribution in [0.4, 0.5) is 0 Å². The van der Waals surface area contributed by atoms with Gasteiger partial charge in [-0.15, -0.1) is 0 Å². The van der Waals surface area contributed by atoms with E-state index in [1.54, 1.807) is 0 Å². The van der Waals surface area contributed by atoms with Crippen molar-refractivity contribution in [2.45, 2.75) is 25.0 Å². The summed E-state index contributed by atoms with van der Waals surface area (Å²) in [5, 5.41) is 3.56. The largest absolute Gasteiger partial charge is 0.454 e. The van der Waals surface area contributed by atoms with Crippen molar-refractivity contribution < 1.29 is 14.2 Å². The van der Waals surface area contributed by atoms with Gasteiger partial charge < -0.3 is 19.5 Å². The summed E-state index contributed by atoms with van der Waals surface area (Å²) in [4.78, 5) is 0. The van der Waals surface area contributed by atoms with E-state index < -0.39 is 0 Å². The van der Waals surface area contributed by atoms with E-state index in [0.29, 0.717) is 18.8 Å². The van der Waals surface area contributed by atoms with Crippen LogP contribution in [0.1, 0.15) is 24.4 Å². The summed E-state index contributed by atoms with van der Waals surface area (Å²) in [7, 11) is 0. The summed E-state index contributed by atoms with van der Waals surface area (Å²) in [6.07, 6.45) is 2.77. The molecule has 3 unspecified atom stereocenters. The fourth-order valence-electron chi connectivity index (χ4n) is 3.42. The molecule has 3 heterocycles. The van der Waals surface area contributed by atoms with Crippen molar-refractivity contribution >= 4 is 0 Å². The Morgan fingerprint density at radius 2 is 2.14 bits per heavy atom. The van der Waals surface area contributed by atoms with Gasteiger partial charge in [-0.1, -0.05) is 6.07 Å². The number of benzene rings is 1. The van der Waals surface area contributed by atoms with Gasteiger partial charge in [-0.2, -0.15) is 0 Å². The summed E-state index contributed by atoms with van der Waals surface area (Å²) >= 11 is 0. The number of hydrogen-bond acceptors (Lipinski definition) is 6. The molecule has 3 aliphatic heterocycles. The van der Waals surface area contributed by atoms with E-state index in [9.17, 15) is 0 Å². The molecule has 0 aliphatic carbocycles. The molecule has 6 heteroatoms. The molecule has 0 amide bonds. The first-order valence-corrected chi connectivity index (χ1v) is 8.10. The molecule has 6 nitrogen and oxygen atoms in total. The molecule has 2 saturated heterocycles. The summed E-state index contributed by atoms with van der Waals surface area (Å²) < 4.78 is 16.5. The van der Waals surface area contributed by atoms with E-state index in [1.165, 1.54) is 18.4 Å². The van der Waals surface area contributed by atoms with Gasteiger partial charge in [0, 0.05) is 32.2 Å². The van der Waals surface area contributed by atoms with Crippen LogP contribution in [0.25, 0.3) is 0 Å². The van der Waals surface area contributed by atoms with Gasteiger partial charge in [-0.25, -0.2) is 5.43 Å². The lowest BCUT2D eigenvalue weighted by molar-refractivity contribution is 0.109. The molecule has 3 N–H and O–H groups in total. The van der Waals surface area contributed by atoms with Gasteiger partial charge in [0.2, 0.25) is 6.79 Å². The lowest BCUT2D eigenvalue weighted by Gasteiger charge is -2.20. The predicted molar refractivity (Wildman–Crippen MR) is 81.8 cm³/mol. The zero-order chi connectivity index (χ0) is 14.8. The van der Waals surface area contributed by atoms with Crippen molar-refractivity contribution in [2.75, 3.05) is 33.0 Å². The second-order valence-electron chi connectivity index (χ2n) is 6.17. The smallest absolute Gasteiger partial charge is 0.231 e. The van der Waals surface area contributed by atoms with Crippen LogP contribution in [0.3, 0.4) is 0 Å². The first-order chi connectivity index (χ1) is 10.9. The van der Waals surface area contributed by atoms with Gasteiger partial charge in [0.25, 0.3) is 0 Å². The highest BCUT2D eigenvalue weighted by atomic mass is 16.7. The summed E-state index contributed by atoms with van der Waals surface area (Å²) in [6.45, 7) is 4.11. The number of ether oxygens (including phenoxy) is 3. The summed E-state index contributed by atoms with van der Waals surface area (Å²) in [6, 6.07) is 6.48. The van der Waals surface area contributed by atoms with E-state index in [-0.39, 0.29) is 6.04 Å². The Morgan fingerprint density at radius 1 is 1.18 bits per heavy atom. The van der Waals surface area contributed by atoms with Crippen LogP contribution in [0.2, 0.25) is 0 Å². The maximum absolute atomic E-state index is 5.66. The summed E-state index contributed by atoms with van der Waals surface area (Å²) in [5.74, 6) is 2.18. The van der Waals surface area contributed by atoms with Crippen LogP contribution < -0.4 is 25.6 Å². The molecule has 0 saturated carbocycles. The van der Waals surface area contributed by atoms with E-state index in [2.05, 4.69) is 28.3 Å². The minimum absolute atomic E-state index is 0.284. The lowest BCUT2D eigenvalue weighted by Crippen LogP contribution is -2.33. The third-order valence-corrected chi connectivity index (χ3v) is 4.65. The minimum atomic E-state index is 0.284. The minimum Gasteiger partial charge on any atom is -0.454 e. The topological polar surface area (TPSA) is 63.8 Å². The van der Waals surface area contributed by atoms with Crippen molar-refractivity contribution in [3.8, 4) is 11.5 Å². The molecule has 120 valence electrons. The molecule has 22 heavy (non-hydrogen) atoms. The Bertz CT molecular complexity index is 519. The molecule has 2 fully saturated rings. The highest BCUT2D eigenvalue weighted by Gasteiger charge is 2.29. The third-order valence-electron chi connectivity index (χ3n) is 4.65. The number of hydrazine groups is 1. The SMILES string of the molecule is c1cc2c(cc1C1NNCC1CNCC1CCCO1)OCO2. The predicted octanol–water partition coefficient (Wildman–Crippen LogP) is 0.949. The average Bonchev–Trinajstić information content (AvgIpc) is 3.28. The molecule has 3 aliphatic rings. The summed E-state index contributed by atoms with van der Waals surface area (Å²) in [5.41, 5.74) is 7.88. The van der Waals surface area contributed by atoms with E-state index in [1.807, 2.05) is 6.07 Å². The Morgan fingerprint density at radius 3 is 3.05 bits per heavy atom. The fourth-order valence-corrected chi connectivity index (χ4v) is 3.42. The van der Waals surface area contributed by atoms with Crippen LogP contribution in [-0.2, 0) is 4.74 Å². The molecule has 1 aromatic rings. The van der Waals surface area contributed by atoms with E-state index >= 15 is 0 Å². The Hall–Kier alpha value is -1.34. The van der Waals surface area contributed by atoms with Gasteiger partial charge in [-0.3, -0.25) is 5.43 Å². The molecule has 0 radical (unpaired) electrons. The lowest BCUT2D eigenvalue weighted by atomic mass is 9.94. The van der Waals surface area contributed by atoms with E-state index in [4.69, 9.17) is 14.2 Å². The molecule has 0 aromatic heterocycles. The molecule has 0 bridgehead atoms. The van der Waals surface area contributed by atoms with Gasteiger partial charge in [0.1, 0.15) is 0 Å². The van der Waals surface area contributed by atoms with Crippen LogP contribution in [0.15, 0.2) is 18.2 Å². The van der Waals surface area contributed by atoms with Crippen molar-refractivity contribution in [3.05, 3.63) is 23.8 Å². The van der Waals surface area contributed by atoms with Crippen LogP contribution in [0.5, 0.6) is 11.5 Å². The monoisotopic (exact) mass is 305 g/mol. The first-order valence-electron chi connectivity index (χ1n) is 8.10. The van der Waals surface area contributed by atoms with Crippen LogP contribution in [-0.4, -0.2) is 39.1 Å². The number of nitrogens with one attached hydrogen (secondary N) is 3. The second-order valence-corrected chi connectivity index (χ2v) is 6.17. The maximum atomic E-state index is 5.66. The zero-order valence-corrected chi connectivity index (χ0v) is 12.6. The first kappa shape index (κ1) is 14.3. The van der Waals surface area contributed by atoms with Crippen LogP contribution in [0, 0.1) is 5.92 Å². The zero-order valence-electron chi connectivity index (χ0n) is 12.6. The Kier molecular flexibility index (Phi) is 4.16.